The largest absolute Gasteiger partial charge is 0.348 e. The number of anilines is 1. The van der Waals surface area contributed by atoms with E-state index in [1.165, 1.54) is 0 Å². The Bertz CT molecular complexity index is 377. The van der Waals surface area contributed by atoms with E-state index in [2.05, 4.69) is 43.3 Å². The van der Waals surface area contributed by atoms with E-state index in [-0.39, 0.29) is 11.6 Å². The Balaban J connectivity index is 3.10. The summed E-state index contributed by atoms with van der Waals surface area (Å²) in [5.41, 5.74) is 7.02. The van der Waals surface area contributed by atoms with Gasteiger partial charge < -0.3 is 10.6 Å². The molecule has 0 saturated heterocycles. The molecule has 3 heteroatoms. The van der Waals surface area contributed by atoms with Crippen LogP contribution in [0, 0.1) is 0 Å². The zero-order valence-corrected chi connectivity index (χ0v) is 11.3. The van der Waals surface area contributed by atoms with Gasteiger partial charge in [0.2, 0.25) is 0 Å². The fourth-order valence-electron chi connectivity index (χ4n) is 1.71. The number of rotatable bonds is 4. The fraction of sp³-hybridized carbons (Fsp3) is 0.500. The summed E-state index contributed by atoms with van der Waals surface area (Å²) in [5, 5.41) is 0. The SMILES string of the molecule is C=CCN(c1cc([C@@H](C)N)ccn1)C(C)(C)C. The van der Waals surface area contributed by atoms with Gasteiger partial charge >= 0.3 is 0 Å². The number of hydrogen-bond donors (Lipinski definition) is 1. The van der Waals surface area contributed by atoms with Crippen molar-refractivity contribution in [2.75, 3.05) is 11.4 Å². The van der Waals surface area contributed by atoms with Crippen LogP contribution in [0.3, 0.4) is 0 Å². The maximum atomic E-state index is 5.90. The average molecular weight is 233 g/mol. The van der Waals surface area contributed by atoms with Gasteiger partial charge in [0.25, 0.3) is 0 Å². The van der Waals surface area contributed by atoms with Crippen LogP contribution < -0.4 is 10.6 Å². The molecule has 0 aliphatic carbocycles. The quantitative estimate of drug-likeness (QED) is 0.813. The van der Waals surface area contributed by atoms with Crippen molar-refractivity contribution in [2.45, 2.75) is 39.3 Å². The maximum absolute atomic E-state index is 5.90. The van der Waals surface area contributed by atoms with Gasteiger partial charge in [0.15, 0.2) is 0 Å². The summed E-state index contributed by atoms with van der Waals surface area (Å²) in [6.07, 6.45) is 3.71. The highest BCUT2D eigenvalue weighted by Crippen LogP contribution is 2.23. The van der Waals surface area contributed by atoms with E-state index in [0.29, 0.717) is 0 Å². The molecule has 0 bridgehead atoms. The van der Waals surface area contributed by atoms with Gasteiger partial charge in [-0.15, -0.1) is 6.58 Å². The van der Waals surface area contributed by atoms with Crippen LogP contribution in [0.25, 0.3) is 0 Å². The van der Waals surface area contributed by atoms with E-state index in [9.17, 15) is 0 Å². The van der Waals surface area contributed by atoms with Crippen molar-refractivity contribution < 1.29 is 0 Å². The molecule has 0 aromatic carbocycles. The van der Waals surface area contributed by atoms with E-state index < -0.39 is 0 Å². The molecule has 1 heterocycles. The van der Waals surface area contributed by atoms with Gasteiger partial charge in [-0.2, -0.15) is 0 Å². The monoisotopic (exact) mass is 233 g/mol. The highest BCUT2D eigenvalue weighted by Gasteiger charge is 2.21. The molecule has 0 saturated carbocycles. The lowest BCUT2D eigenvalue weighted by molar-refractivity contribution is 0.517. The van der Waals surface area contributed by atoms with Gasteiger partial charge in [-0.3, -0.25) is 0 Å². The van der Waals surface area contributed by atoms with Crippen molar-refractivity contribution in [3.05, 3.63) is 36.5 Å². The molecule has 2 N–H and O–H groups in total. The second-order valence-electron chi connectivity index (χ2n) is 5.31. The summed E-state index contributed by atoms with van der Waals surface area (Å²) in [5.74, 6) is 0.951. The molecule has 1 atom stereocenters. The summed E-state index contributed by atoms with van der Waals surface area (Å²) >= 11 is 0. The predicted molar refractivity (Wildman–Crippen MR) is 74.1 cm³/mol. The van der Waals surface area contributed by atoms with E-state index in [4.69, 9.17) is 5.73 Å². The van der Waals surface area contributed by atoms with Crippen LogP contribution in [0.15, 0.2) is 31.0 Å². The van der Waals surface area contributed by atoms with Crippen molar-refractivity contribution in [3.8, 4) is 0 Å². The van der Waals surface area contributed by atoms with Gasteiger partial charge in [-0.25, -0.2) is 4.98 Å². The molecule has 17 heavy (non-hydrogen) atoms. The topological polar surface area (TPSA) is 42.1 Å². The number of nitrogens with zero attached hydrogens (tertiary/aromatic N) is 2. The molecular weight excluding hydrogens is 210 g/mol. The van der Waals surface area contributed by atoms with E-state index in [1.807, 2.05) is 25.3 Å². The lowest BCUT2D eigenvalue weighted by Crippen LogP contribution is -2.42. The first kappa shape index (κ1) is 13.7. The maximum Gasteiger partial charge on any atom is 0.129 e. The Morgan fingerprint density at radius 3 is 2.65 bits per heavy atom. The summed E-state index contributed by atoms with van der Waals surface area (Å²) in [6.45, 7) is 13.1. The van der Waals surface area contributed by atoms with Crippen LogP contribution in [-0.4, -0.2) is 17.1 Å². The Kier molecular flexibility index (Phi) is 4.29. The zero-order chi connectivity index (χ0) is 13.1. The number of aromatic nitrogens is 1. The number of hydrogen-bond acceptors (Lipinski definition) is 3. The summed E-state index contributed by atoms with van der Waals surface area (Å²) < 4.78 is 0. The average Bonchev–Trinajstić information content (AvgIpc) is 2.24. The Hall–Kier alpha value is -1.35. The van der Waals surface area contributed by atoms with Gasteiger partial charge in [0.05, 0.1) is 0 Å². The van der Waals surface area contributed by atoms with Crippen LogP contribution >= 0.6 is 0 Å². The molecule has 0 unspecified atom stereocenters. The lowest BCUT2D eigenvalue weighted by Gasteiger charge is -2.36. The Morgan fingerprint density at radius 2 is 2.18 bits per heavy atom. The first-order chi connectivity index (χ1) is 7.86. The smallest absolute Gasteiger partial charge is 0.129 e. The highest BCUT2D eigenvalue weighted by atomic mass is 15.2. The molecule has 0 fully saturated rings. The normalized spacial score (nSPS) is 13.2. The second kappa shape index (κ2) is 5.32. The third-order valence-corrected chi connectivity index (χ3v) is 2.69. The first-order valence-corrected chi connectivity index (χ1v) is 5.96. The molecule has 1 rings (SSSR count). The Morgan fingerprint density at radius 1 is 1.53 bits per heavy atom. The van der Waals surface area contributed by atoms with Crippen LogP contribution in [0.4, 0.5) is 5.82 Å². The van der Waals surface area contributed by atoms with Crippen LogP contribution in [0.5, 0.6) is 0 Å². The van der Waals surface area contributed by atoms with E-state index in [0.717, 1.165) is 17.9 Å². The molecule has 3 nitrogen and oxygen atoms in total. The van der Waals surface area contributed by atoms with Gasteiger partial charge in [0, 0.05) is 24.3 Å². The molecule has 1 aromatic rings. The van der Waals surface area contributed by atoms with Crippen LogP contribution in [-0.2, 0) is 0 Å². The molecule has 0 amide bonds. The third kappa shape index (κ3) is 3.56. The second-order valence-corrected chi connectivity index (χ2v) is 5.31. The molecule has 0 spiro atoms. The van der Waals surface area contributed by atoms with Crippen molar-refractivity contribution >= 4 is 5.82 Å². The lowest BCUT2D eigenvalue weighted by atomic mass is 10.0. The fourth-order valence-corrected chi connectivity index (χ4v) is 1.71. The van der Waals surface area contributed by atoms with Gasteiger partial charge in [-0.05, 0) is 45.4 Å². The zero-order valence-electron chi connectivity index (χ0n) is 11.3. The standard InChI is InChI=1S/C14H23N3/c1-6-9-17(14(3,4)5)13-10-12(11(2)15)7-8-16-13/h6-8,10-11H,1,9,15H2,2-5H3/t11-/m1/s1. The molecule has 94 valence electrons. The minimum atomic E-state index is 0.0116. The summed E-state index contributed by atoms with van der Waals surface area (Å²) in [4.78, 5) is 6.64. The number of pyridine rings is 1. The number of nitrogens with two attached hydrogens (primary N) is 1. The van der Waals surface area contributed by atoms with Crippen molar-refractivity contribution in [3.63, 3.8) is 0 Å². The van der Waals surface area contributed by atoms with E-state index >= 15 is 0 Å². The van der Waals surface area contributed by atoms with Crippen molar-refractivity contribution in [2.24, 2.45) is 5.73 Å². The molecule has 0 radical (unpaired) electrons. The summed E-state index contributed by atoms with van der Waals surface area (Å²) in [7, 11) is 0. The first-order valence-electron chi connectivity index (χ1n) is 5.96. The van der Waals surface area contributed by atoms with Gasteiger partial charge in [0.1, 0.15) is 5.82 Å². The molecule has 0 aliphatic heterocycles. The van der Waals surface area contributed by atoms with Crippen molar-refractivity contribution in [1.29, 1.82) is 0 Å². The third-order valence-electron chi connectivity index (χ3n) is 2.69. The van der Waals surface area contributed by atoms with Gasteiger partial charge in [-0.1, -0.05) is 6.08 Å². The van der Waals surface area contributed by atoms with Crippen LogP contribution in [0.1, 0.15) is 39.3 Å². The minimum Gasteiger partial charge on any atom is -0.348 e. The molecular formula is C14H23N3. The van der Waals surface area contributed by atoms with Crippen molar-refractivity contribution in [1.82, 2.24) is 4.98 Å². The van der Waals surface area contributed by atoms with Crippen LogP contribution in [0.2, 0.25) is 0 Å². The predicted octanol–water partition coefficient (Wildman–Crippen LogP) is 2.89. The summed E-state index contributed by atoms with van der Waals surface area (Å²) in [6, 6.07) is 4.05. The molecule has 0 aliphatic rings. The minimum absolute atomic E-state index is 0.0116. The van der Waals surface area contributed by atoms with E-state index in [1.54, 1.807) is 0 Å². The highest BCUT2D eigenvalue weighted by molar-refractivity contribution is 5.44. The molecule has 1 aromatic heterocycles. The Labute approximate surface area is 104 Å².